The summed E-state index contributed by atoms with van der Waals surface area (Å²) >= 11 is 11.9. The molecule has 0 fully saturated rings. The normalized spacial score (nSPS) is 11.1. The first-order valence-electron chi connectivity index (χ1n) is 6.77. The smallest absolute Gasteiger partial charge is 0.174 e. The molecule has 0 saturated carbocycles. The molecule has 0 saturated heterocycles. The molecule has 1 aromatic heterocycles. The Morgan fingerprint density at radius 1 is 1.29 bits per heavy atom. The van der Waals surface area contributed by atoms with Crippen LogP contribution in [0.2, 0.25) is 10.0 Å². The fraction of sp³-hybridized carbons (Fsp3) is 0.400. The van der Waals surface area contributed by atoms with E-state index in [1.54, 1.807) is 18.2 Å². The maximum absolute atomic E-state index is 6.03. The van der Waals surface area contributed by atoms with Crippen molar-refractivity contribution in [2.24, 2.45) is 5.92 Å². The molecular weight excluding hydrogens is 311 g/mol. The second-order valence-corrected chi connectivity index (χ2v) is 6.02. The molecule has 2 rings (SSSR count). The molecular formula is C15H18Cl2N2O2. The lowest BCUT2D eigenvalue weighted by atomic mass is 10.2. The summed E-state index contributed by atoms with van der Waals surface area (Å²) in [5.74, 6) is 1.78. The molecule has 0 unspecified atom stereocenters. The third-order valence-electron chi connectivity index (χ3n) is 2.73. The molecule has 6 heteroatoms. The zero-order valence-electron chi connectivity index (χ0n) is 12.0. The summed E-state index contributed by atoms with van der Waals surface area (Å²) in [7, 11) is 0. The van der Waals surface area contributed by atoms with Crippen molar-refractivity contribution in [1.29, 1.82) is 0 Å². The van der Waals surface area contributed by atoms with Gasteiger partial charge in [0.1, 0.15) is 12.4 Å². The second kappa shape index (κ2) is 7.69. The Labute approximate surface area is 134 Å². The molecule has 114 valence electrons. The maximum atomic E-state index is 6.03. The first-order chi connectivity index (χ1) is 10.0. The average Bonchev–Trinajstić information content (AvgIpc) is 2.87. The van der Waals surface area contributed by atoms with Gasteiger partial charge < -0.3 is 14.6 Å². The molecule has 1 N–H and O–H groups in total. The fourth-order valence-electron chi connectivity index (χ4n) is 1.73. The Morgan fingerprint density at radius 3 is 2.86 bits per heavy atom. The van der Waals surface area contributed by atoms with Crippen molar-refractivity contribution in [3.63, 3.8) is 0 Å². The lowest BCUT2D eigenvalue weighted by Crippen LogP contribution is -2.19. The van der Waals surface area contributed by atoms with Gasteiger partial charge in [0.05, 0.1) is 10.7 Å². The van der Waals surface area contributed by atoms with E-state index in [0.29, 0.717) is 34.0 Å². The van der Waals surface area contributed by atoms with Gasteiger partial charge in [-0.05, 0) is 24.6 Å². The quantitative estimate of drug-likeness (QED) is 0.822. The topological polar surface area (TPSA) is 47.3 Å². The van der Waals surface area contributed by atoms with Crippen molar-refractivity contribution in [2.45, 2.75) is 27.0 Å². The number of rotatable bonds is 7. The third kappa shape index (κ3) is 5.23. The molecule has 2 aromatic rings. The Bertz CT molecular complexity index is 585. The minimum atomic E-state index is 0.261. The van der Waals surface area contributed by atoms with E-state index in [0.717, 1.165) is 12.2 Å². The van der Waals surface area contributed by atoms with E-state index >= 15 is 0 Å². The molecule has 21 heavy (non-hydrogen) atoms. The Hall–Kier alpha value is -1.23. The van der Waals surface area contributed by atoms with Gasteiger partial charge in [-0.2, -0.15) is 0 Å². The molecule has 0 atom stereocenters. The van der Waals surface area contributed by atoms with E-state index in [1.165, 1.54) is 0 Å². The van der Waals surface area contributed by atoms with E-state index in [-0.39, 0.29) is 6.61 Å². The summed E-state index contributed by atoms with van der Waals surface area (Å²) in [5.41, 5.74) is 0.853. The highest BCUT2D eigenvalue weighted by molar-refractivity contribution is 6.34. The van der Waals surface area contributed by atoms with Crippen LogP contribution in [0, 0.1) is 5.92 Å². The first kappa shape index (κ1) is 16.1. The molecule has 4 nitrogen and oxygen atoms in total. The van der Waals surface area contributed by atoms with Crippen LogP contribution < -0.4 is 10.1 Å². The van der Waals surface area contributed by atoms with Gasteiger partial charge in [-0.3, -0.25) is 0 Å². The standard InChI is InChI=1S/C15H18Cl2N2O2/c1-10(2)7-18-8-12-6-13(21-19-12)9-20-15-5-11(16)3-4-14(15)17/h3-6,10,18H,7-9H2,1-2H3. The number of ether oxygens (including phenoxy) is 1. The SMILES string of the molecule is CC(C)CNCc1cc(COc2cc(Cl)ccc2Cl)on1. The number of nitrogens with zero attached hydrogens (tertiary/aromatic N) is 1. The molecule has 1 heterocycles. The highest BCUT2D eigenvalue weighted by Gasteiger charge is 2.07. The van der Waals surface area contributed by atoms with Gasteiger partial charge in [0.2, 0.25) is 0 Å². The number of hydrogen-bond acceptors (Lipinski definition) is 4. The van der Waals surface area contributed by atoms with Gasteiger partial charge in [0, 0.05) is 23.7 Å². The van der Waals surface area contributed by atoms with Gasteiger partial charge >= 0.3 is 0 Å². The van der Waals surface area contributed by atoms with E-state index < -0.39 is 0 Å². The van der Waals surface area contributed by atoms with Crippen molar-refractivity contribution in [1.82, 2.24) is 10.5 Å². The summed E-state index contributed by atoms with van der Waals surface area (Å²) in [6, 6.07) is 6.95. The van der Waals surface area contributed by atoms with Crippen LogP contribution in [0.4, 0.5) is 0 Å². The number of aromatic nitrogens is 1. The van der Waals surface area contributed by atoms with Crippen molar-refractivity contribution >= 4 is 23.2 Å². The van der Waals surface area contributed by atoms with Gasteiger partial charge in [-0.15, -0.1) is 0 Å². The summed E-state index contributed by atoms with van der Waals surface area (Å²) < 4.78 is 10.8. The minimum absolute atomic E-state index is 0.261. The van der Waals surface area contributed by atoms with Crippen LogP contribution in [0.3, 0.4) is 0 Å². The molecule has 0 aliphatic carbocycles. The summed E-state index contributed by atoms with van der Waals surface area (Å²) in [5, 5.41) is 8.38. The van der Waals surface area contributed by atoms with Crippen molar-refractivity contribution < 1.29 is 9.26 Å². The highest BCUT2D eigenvalue weighted by Crippen LogP contribution is 2.28. The van der Waals surface area contributed by atoms with Crippen molar-refractivity contribution in [2.75, 3.05) is 6.54 Å². The average molecular weight is 329 g/mol. The molecule has 0 aliphatic heterocycles. The lowest BCUT2D eigenvalue weighted by Gasteiger charge is -2.06. The molecule has 0 aliphatic rings. The van der Waals surface area contributed by atoms with Crippen LogP contribution >= 0.6 is 23.2 Å². The molecule has 0 spiro atoms. The number of halogens is 2. The van der Waals surface area contributed by atoms with Crippen LogP contribution in [0.1, 0.15) is 25.3 Å². The summed E-state index contributed by atoms with van der Waals surface area (Å²) in [6.45, 7) is 6.20. The van der Waals surface area contributed by atoms with E-state index in [1.807, 2.05) is 6.07 Å². The number of nitrogens with one attached hydrogen (secondary N) is 1. The van der Waals surface area contributed by atoms with Gasteiger partial charge in [0.25, 0.3) is 0 Å². The minimum Gasteiger partial charge on any atom is -0.484 e. The Morgan fingerprint density at radius 2 is 2.10 bits per heavy atom. The van der Waals surface area contributed by atoms with E-state index in [9.17, 15) is 0 Å². The van der Waals surface area contributed by atoms with Crippen LogP contribution in [-0.2, 0) is 13.2 Å². The van der Waals surface area contributed by atoms with Gasteiger partial charge in [-0.1, -0.05) is 42.2 Å². The Balaban J connectivity index is 1.86. The maximum Gasteiger partial charge on any atom is 0.174 e. The van der Waals surface area contributed by atoms with Gasteiger partial charge in [0.15, 0.2) is 5.76 Å². The second-order valence-electron chi connectivity index (χ2n) is 5.17. The van der Waals surface area contributed by atoms with Crippen LogP contribution in [0.15, 0.2) is 28.8 Å². The number of hydrogen-bond donors (Lipinski definition) is 1. The largest absolute Gasteiger partial charge is 0.484 e. The zero-order chi connectivity index (χ0) is 15.2. The monoisotopic (exact) mass is 328 g/mol. The lowest BCUT2D eigenvalue weighted by molar-refractivity contribution is 0.248. The van der Waals surface area contributed by atoms with E-state index in [4.69, 9.17) is 32.5 Å². The molecule has 0 radical (unpaired) electrons. The van der Waals surface area contributed by atoms with Crippen molar-refractivity contribution in [3.05, 3.63) is 45.8 Å². The molecule has 1 aromatic carbocycles. The third-order valence-corrected chi connectivity index (χ3v) is 3.28. The van der Waals surface area contributed by atoms with Crippen LogP contribution in [0.25, 0.3) is 0 Å². The fourth-order valence-corrected chi connectivity index (χ4v) is 2.07. The van der Waals surface area contributed by atoms with E-state index in [2.05, 4.69) is 24.3 Å². The first-order valence-corrected chi connectivity index (χ1v) is 7.53. The molecule has 0 amide bonds. The summed E-state index contributed by atoms with van der Waals surface area (Å²) in [6.07, 6.45) is 0. The Kier molecular flexibility index (Phi) is 5.91. The molecule has 0 bridgehead atoms. The predicted octanol–water partition coefficient (Wildman–Crippen LogP) is 4.31. The van der Waals surface area contributed by atoms with Crippen LogP contribution in [0.5, 0.6) is 5.75 Å². The predicted molar refractivity (Wildman–Crippen MR) is 83.8 cm³/mol. The number of benzene rings is 1. The van der Waals surface area contributed by atoms with Gasteiger partial charge in [-0.25, -0.2) is 0 Å². The summed E-state index contributed by atoms with van der Waals surface area (Å²) in [4.78, 5) is 0. The van der Waals surface area contributed by atoms with Crippen molar-refractivity contribution in [3.8, 4) is 5.75 Å². The zero-order valence-corrected chi connectivity index (χ0v) is 13.5. The highest BCUT2D eigenvalue weighted by atomic mass is 35.5. The van der Waals surface area contributed by atoms with Crippen LogP contribution in [-0.4, -0.2) is 11.7 Å².